The molecular formula is C36H66O7. The van der Waals surface area contributed by atoms with Gasteiger partial charge in [0, 0.05) is 17.9 Å². The van der Waals surface area contributed by atoms with Gasteiger partial charge < -0.3 is 10.2 Å². The summed E-state index contributed by atoms with van der Waals surface area (Å²) in [4.78, 5) is 32.5. The molecule has 0 aromatic rings. The predicted molar refractivity (Wildman–Crippen MR) is 175 cm³/mol. The third kappa shape index (κ3) is 33.0. The Morgan fingerprint density at radius 2 is 0.884 bits per heavy atom. The standard InChI is InChI=1S/C36H66O7/c1-3-5-7-21-27-33(37)29-23-17-13-9-11-15-19-25-31-35(39)41-43-42-36(40)32-26-20-16-12-10-14-18-24-30-34(38)28-22-8-6-4-2/h17-18,23-24,33-34,37-38H,3-16,19-22,25-32H2,1-2H3/t33-,34-/m1/s1. The first kappa shape index (κ1) is 41.3. The zero-order chi connectivity index (χ0) is 31.6. The minimum absolute atomic E-state index is 0.212. The summed E-state index contributed by atoms with van der Waals surface area (Å²) >= 11 is 0. The first-order valence-electron chi connectivity index (χ1n) is 17.7. The van der Waals surface area contributed by atoms with E-state index in [2.05, 4.69) is 53.0 Å². The van der Waals surface area contributed by atoms with E-state index in [0.29, 0.717) is 12.8 Å². The Bertz CT molecular complexity index is 621. The van der Waals surface area contributed by atoms with E-state index < -0.39 is 11.9 Å². The molecule has 7 nitrogen and oxygen atoms in total. The van der Waals surface area contributed by atoms with E-state index in [1.807, 2.05) is 0 Å². The van der Waals surface area contributed by atoms with Crippen molar-refractivity contribution in [2.45, 2.75) is 193 Å². The van der Waals surface area contributed by atoms with Gasteiger partial charge in [-0.2, -0.15) is 0 Å². The fraction of sp³-hybridized carbons (Fsp3) is 0.833. The van der Waals surface area contributed by atoms with Crippen LogP contribution in [0.3, 0.4) is 0 Å². The molecule has 0 heterocycles. The highest BCUT2D eigenvalue weighted by Gasteiger charge is 2.09. The van der Waals surface area contributed by atoms with Crippen molar-refractivity contribution in [2.75, 3.05) is 0 Å². The topological polar surface area (TPSA) is 102 Å². The quantitative estimate of drug-likeness (QED) is 0.0338. The van der Waals surface area contributed by atoms with E-state index in [1.165, 1.54) is 38.5 Å². The zero-order valence-electron chi connectivity index (χ0n) is 27.8. The average Bonchev–Trinajstić information content (AvgIpc) is 2.99. The van der Waals surface area contributed by atoms with Crippen molar-refractivity contribution in [2.24, 2.45) is 0 Å². The Balaban J connectivity index is 3.45. The van der Waals surface area contributed by atoms with Gasteiger partial charge in [0.05, 0.1) is 12.2 Å². The number of allylic oxidation sites excluding steroid dienone is 2. The maximum absolute atomic E-state index is 11.7. The zero-order valence-corrected chi connectivity index (χ0v) is 27.8. The molecule has 0 aromatic carbocycles. The van der Waals surface area contributed by atoms with Gasteiger partial charge in [0.25, 0.3) is 0 Å². The van der Waals surface area contributed by atoms with Gasteiger partial charge in [-0.3, -0.25) is 9.78 Å². The number of aliphatic hydroxyl groups excluding tert-OH is 2. The number of unbranched alkanes of at least 4 members (excludes halogenated alkanes) is 16. The third-order valence-electron chi connectivity index (χ3n) is 7.69. The minimum atomic E-state index is -0.528. The molecule has 0 saturated heterocycles. The molecule has 252 valence electrons. The van der Waals surface area contributed by atoms with Crippen LogP contribution in [0.25, 0.3) is 0 Å². The smallest absolute Gasteiger partial charge is 0.346 e. The van der Waals surface area contributed by atoms with E-state index >= 15 is 0 Å². The molecule has 0 rings (SSSR count). The minimum Gasteiger partial charge on any atom is -0.393 e. The maximum atomic E-state index is 11.7. The van der Waals surface area contributed by atoms with Gasteiger partial charge in [-0.1, -0.05) is 128 Å². The van der Waals surface area contributed by atoms with Crippen LogP contribution in [0.1, 0.15) is 181 Å². The molecule has 0 amide bonds. The summed E-state index contributed by atoms with van der Waals surface area (Å²) in [5.41, 5.74) is 0. The summed E-state index contributed by atoms with van der Waals surface area (Å²) in [6.07, 6.45) is 33.3. The Hall–Kier alpha value is -1.70. The van der Waals surface area contributed by atoms with Crippen molar-refractivity contribution < 1.29 is 34.6 Å². The Labute approximate surface area is 263 Å². The van der Waals surface area contributed by atoms with E-state index in [-0.39, 0.29) is 25.0 Å². The summed E-state index contributed by atoms with van der Waals surface area (Å²) in [6.45, 7) is 4.39. The summed E-state index contributed by atoms with van der Waals surface area (Å²) in [6, 6.07) is 0. The van der Waals surface area contributed by atoms with Crippen LogP contribution in [-0.2, 0) is 24.4 Å². The lowest BCUT2D eigenvalue weighted by Gasteiger charge is -2.07. The first-order valence-corrected chi connectivity index (χ1v) is 17.7. The molecule has 43 heavy (non-hydrogen) atoms. The fourth-order valence-corrected chi connectivity index (χ4v) is 4.89. The number of hydrogen-bond donors (Lipinski definition) is 2. The largest absolute Gasteiger partial charge is 0.393 e. The first-order chi connectivity index (χ1) is 21.0. The number of aliphatic hydroxyl groups is 2. The van der Waals surface area contributed by atoms with E-state index in [9.17, 15) is 19.8 Å². The normalized spacial score (nSPS) is 13.1. The van der Waals surface area contributed by atoms with E-state index in [1.54, 1.807) is 0 Å². The molecule has 0 saturated carbocycles. The summed E-state index contributed by atoms with van der Waals surface area (Å²) in [5, 5.41) is 24.3. The lowest BCUT2D eigenvalue weighted by atomic mass is 10.1. The SMILES string of the molecule is CCCCCC[C@@H](O)CC=CCCCCCCCC(=O)OOOC(=O)CCCCCCCC=CC[C@H](O)CCCCCC. The molecule has 7 heteroatoms. The highest BCUT2D eigenvalue weighted by Crippen LogP contribution is 2.13. The molecule has 0 aromatic heterocycles. The number of rotatable bonds is 32. The summed E-state index contributed by atoms with van der Waals surface area (Å²) < 4.78 is 0. The van der Waals surface area contributed by atoms with Crippen molar-refractivity contribution in [3.05, 3.63) is 24.3 Å². The van der Waals surface area contributed by atoms with Crippen molar-refractivity contribution in [3.8, 4) is 0 Å². The van der Waals surface area contributed by atoms with Crippen molar-refractivity contribution in [1.82, 2.24) is 0 Å². The summed E-state index contributed by atoms with van der Waals surface area (Å²) in [7, 11) is 0. The van der Waals surface area contributed by atoms with Gasteiger partial charge in [-0.25, -0.2) is 9.59 Å². The monoisotopic (exact) mass is 610 g/mol. The molecule has 2 atom stereocenters. The van der Waals surface area contributed by atoms with Crippen LogP contribution in [0.4, 0.5) is 0 Å². The molecule has 0 aliphatic carbocycles. The molecule has 0 radical (unpaired) electrons. The molecular weight excluding hydrogens is 544 g/mol. The average molecular weight is 611 g/mol. The van der Waals surface area contributed by atoms with Crippen LogP contribution < -0.4 is 0 Å². The summed E-state index contributed by atoms with van der Waals surface area (Å²) in [5.74, 6) is -1.06. The van der Waals surface area contributed by atoms with Crippen LogP contribution in [0, 0.1) is 0 Å². The van der Waals surface area contributed by atoms with Gasteiger partial charge in [0.2, 0.25) is 0 Å². The molecule has 0 aliphatic heterocycles. The Morgan fingerprint density at radius 3 is 1.30 bits per heavy atom. The van der Waals surface area contributed by atoms with Crippen LogP contribution in [0.15, 0.2) is 24.3 Å². The molecule has 0 spiro atoms. The van der Waals surface area contributed by atoms with Crippen LogP contribution in [0.5, 0.6) is 0 Å². The van der Waals surface area contributed by atoms with Gasteiger partial charge in [-0.15, -0.1) is 0 Å². The second-order valence-corrected chi connectivity index (χ2v) is 12.0. The number of carbonyl (C=O) groups is 2. The van der Waals surface area contributed by atoms with Crippen molar-refractivity contribution >= 4 is 11.9 Å². The van der Waals surface area contributed by atoms with E-state index in [4.69, 9.17) is 0 Å². The second-order valence-electron chi connectivity index (χ2n) is 12.0. The van der Waals surface area contributed by atoms with Gasteiger partial charge in [0.1, 0.15) is 0 Å². The Morgan fingerprint density at radius 1 is 0.512 bits per heavy atom. The lowest BCUT2D eigenvalue weighted by Crippen LogP contribution is -2.10. The molecule has 0 unspecified atom stereocenters. The molecule has 0 fully saturated rings. The number of hydrogen-bond acceptors (Lipinski definition) is 7. The maximum Gasteiger partial charge on any atom is 0.346 e. The lowest BCUT2D eigenvalue weighted by molar-refractivity contribution is -0.459. The van der Waals surface area contributed by atoms with Gasteiger partial charge in [0.15, 0.2) is 0 Å². The van der Waals surface area contributed by atoms with Crippen LogP contribution in [-0.4, -0.2) is 34.4 Å². The molecule has 0 aliphatic rings. The second kappa shape index (κ2) is 33.2. The molecule has 2 N–H and O–H groups in total. The number of carbonyl (C=O) groups excluding carboxylic acids is 2. The highest BCUT2D eigenvalue weighted by molar-refractivity contribution is 5.69. The fourth-order valence-electron chi connectivity index (χ4n) is 4.89. The Kier molecular flexibility index (Phi) is 31.9. The van der Waals surface area contributed by atoms with Gasteiger partial charge >= 0.3 is 11.9 Å². The predicted octanol–water partition coefficient (Wildman–Crippen LogP) is 9.94. The van der Waals surface area contributed by atoms with E-state index in [0.717, 1.165) is 103 Å². The third-order valence-corrected chi connectivity index (χ3v) is 7.69. The highest BCUT2D eigenvalue weighted by atomic mass is 17.5. The molecule has 0 bridgehead atoms. The van der Waals surface area contributed by atoms with Crippen LogP contribution in [0.2, 0.25) is 0 Å². The van der Waals surface area contributed by atoms with Crippen molar-refractivity contribution in [3.63, 3.8) is 0 Å². The van der Waals surface area contributed by atoms with Crippen molar-refractivity contribution in [1.29, 1.82) is 0 Å². The van der Waals surface area contributed by atoms with Crippen LogP contribution >= 0.6 is 0 Å². The van der Waals surface area contributed by atoms with Gasteiger partial charge in [-0.05, 0) is 64.2 Å².